The third kappa shape index (κ3) is 2.09. The summed E-state index contributed by atoms with van der Waals surface area (Å²) in [6.45, 7) is 0. The van der Waals surface area contributed by atoms with Crippen LogP contribution in [0.2, 0.25) is 1.41 Å². The summed E-state index contributed by atoms with van der Waals surface area (Å²) in [4.78, 5) is 0. The van der Waals surface area contributed by atoms with Gasteiger partial charge in [-0.25, -0.2) is 0 Å². The van der Waals surface area contributed by atoms with Crippen molar-refractivity contribution >= 4 is 11.4 Å². The lowest BCUT2D eigenvalue weighted by molar-refractivity contribution is 1.55. The van der Waals surface area contributed by atoms with Crippen LogP contribution in [0.5, 0.6) is 0 Å². The van der Waals surface area contributed by atoms with E-state index in [1.165, 1.54) is 0 Å². The van der Waals surface area contributed by atoms with Gasteiger partial charge in [0.1, 0.15) is 0 Å². The van der Waals surface area contributed by atoms with Crippen LogP contribution >= 0.6 is 0 Å². The van der Waals surface area contributed by atoms with Crippen molar-refractivity contribution < 1.29 is 15.1 Å². The molecular formula is C12H11N. The minimum Gasteiger partial charge on any atom is -0.356 e. The van der Waals surface area contributed by atoms with Gasteiger partial charge in [-0.05, 0) is 24.2 Å². The molecule has 0 aromatic heterocycles. The predicted octanol–water partition coefficient (Wildman–Crippen LogP) is 3.43. The summed E-state index contributed by atoms with van der Waals surface area (Å²) in [5, 5.41) is 0.278. The van der Waals surface area contributed by atoms with Crippen LogP contribution in [0.1, 0.15) is 13.7 Å². The minimum atomic E-state index is -0.706. The van der Waals surface area contributed by atoms with Gasteiger partial charge in [0.15, 0.2) is 1.41 Å². The van der Waals surface area contributed by atoms with E-state index in [-0.39, 0.29) is 5.31 Å². The van der Waals surface area contributed by atoms with Crippen molar-refractivity contribution in [2.75, 3.05) is 5.31 Å². The van der Waals surface area contributed by atoms with E-state index in [4.69, 9.17) is 15.1 Å². The van der Waals surface area contributed by atoms with Gasteiger partial charge in [-0.15, -0.1) is 0 Å². The van der Waals surface area contributed by atoms with E-state index < -0.39 is 71.8 Å². The first-order chi connectivity index (χ1) is 11.0. The average molecular weight is 180 g/mol. The van der Waals surface area contributed by atoms with E-state index in [1.807, 2.05) is 0 Å². The molecule has 13 heavy (non-hydrogen) atoms. The number of para-hydroxylation sites is 2. The third-order valence-electron chi connectivity index (χ3n) is 1.20. The van der Waals surface area contributed by atoms with Crippen molar-refractivity contribution in [3.05, 3.63) is 60.4 Å². The molecule has 2 aromatic rings. The molecule has 0 bridgehead atoms. The van der Waals surface area contributed by atoms with Gasteiger partial charge in [-0.3, -0.25) is 0 Å². The van der Waals surface area contributed by atoms with Crippen LogP contribution in [-0.2, 0) is 0 Å². The lowest BCUT2D eigenvalue weighted by Crippen LogP contribution is -1.87. The lowest BCUT2D eigenvalue weighted by Gasteiger charge is -2.04. The minimum absolute atomic E-state index is 0.278. The topological polar surface area (TPSA) is 12.0 Å². The molecule has 64 valence electrons. The normalized spacial score (nSPS) is 21.4. The lowest BCUT2D eigenvalue weighted by atomic mass is 10.3. The van der Waals surface area contributed by atoms with E-state index in [9.17, 15) is 0 Å². The largest absolute Gasteiger partial charge is 0.356 e. The van der Waals surface area contributed by atoms with Gasteiger partial charge in [0.25, 0.3) is 0 Å². The maximum Gasteiger partial charge on any atom is 0.167 e. The van der Waals surface area contributed by atoms with Crippen LogP contribution in [0.15, 0.2) is 60.4 Å². The van der Waals surface area contributed by atoms with E-state index >= 15 is 0 Å². The third-order valence-corrected chi connectivity index (χ3v) is 1.20. The summed E-state index contributed by atoms with van der Waals surface area (Å²) in [5.74, 6) is 0. The van der Waals surface area contributed by atoms with Crippen LogP contribution < -0.4 is 5.31 Å². The van der Waals surface area contributed by atoms with E-state index in [0.29, 0.717) is 0 Å². The first-order valence-electron chi connectivity index (χ1n) is 8.89. The Morgan fingerprint density at radius 2 is 1.15 bits per heavy atom. The second-order valence-corrected chi connectivity index (χ2v) is 2.06. The van der Waals surface area contributed by atoms with Gasteiger partial charge in [0.2, 0.25) is 0 Å². The highest BCUT2D eigenvalue weighted by Gasteiger charge is 1.89. The second-order valence-electron chi connectivity index (χ2n) is 2.06. The van der Waals surface area contributed by atoms with E-state index in [0.717, 1.165) is 0 Å². The molecule has 1 nitrogen and oxygen atoms in total. The Kier molecular flexibility index (Phi) is 0.632. The molecule has 0 saturated heterocycles. The molecule has 0 heterocycles. The molecule has 0 aliphatic heterocycles. The van der Waals surface area contributed by atoms with Crippen molar-refractivity contribution in [1.29, 1.82) is 0 Å². The van der Waals surface area contributed by atoms with E-state index in [1.54, 1.807) is 0 Å². The Morgan fingerprint density at radius 3 is 1.54 bits per heavy atom. The molecule has 0 saturated carbocycles. The molecule has 0 radical (unpaired) electrons. The molecule has 0 amide bonds. The molecule has 1 heteroatoms. The first-order valence-corrected chi connectivity index (χ1v) is 3.45. The van der Waals surface area contributed by atoms with E-state index in [2.05, 4.69) is 0 Å². The highest BCUT2D eigenvalue weighted by atomic mass is 14.9. The molecule has 1 N–H and O–H groups in total. The van der Waals surface area contributed by atoms with Gasteiger partial charge >= 0.3 is 0 Å². The Morgan fingerprint density at radius 1 is 0.769 bits per heavy atom. The van der Waals surface area contributed by atoms with Gasteiger partial charge in [-0.2, -0.15) is 0 Å². The van der Waals surface area contributed by atoms with Crippen LogP contribution in [0.3, 0.4) is 0 Å². The van der Waals surface area contributed by atoms with Crippen molar-refractivity contribution in [3.63, 3.8) is 0 Å². The predicted molar refractivity (Wildman–Crippen MR) is 56.2 cm³/mol. The molecule has 2 rings (SSSR count). The molecule has 2 aromatic carbocycles. The van der Waals surface area contributed by atoms with Gasteiger partial charge in [0.05, 0.1) is 13.7 Å². The molecule has 0 aliphatic rings. The fraction of sp³-hybridized carbons (Fsp3) is 0. The second kappa shape index (κ2) is 3.76. The number of nitrogens with one attached hydrogen (secondary N) is 1. The number of hydrogen-bond donors (Lipinski definition) is 1. The van der Waals surface area contributed by atoms with Gasteiger partial charge in [-0.1, -0.05) is 36.3 Å². The zero-order valence-corrected chi connectivity index (χ0v) is 6.45. The maximum absolute atomic E-state index is 8.04. The summed E-state index contributed by atoms with van der Waals surface area (Å²) < 4.78 is 84.8. The van der Waals surface area contributed by atoms with Crippen molar-refractivity contribution in [2.24, 2.45) is 0 Å². The molecule has 0 atom stereocenters. The monoisotopic (exact) mass is 180 g/mol. The fourth-order valence-electron chi connectivity index (χ4n) is 0.710. The SMILES string of the molecule is [2H]c1c([2H])c([2H])c(N([2H])c2c([2H])c([2H])c([2H])c([2H])c2[2H])c([2H])c1[2H]. The summed E-state index contributed by atoms with van der Waals surface area (Å²) in [5.41, 5.74) is -1.20. The highest BCUT2D eigenvalue weighted by Crippen LogP contribution is 2.14. The summed E-state index contributed by atoms with van der Waals surface area (Å²) in [6, 6.07) is -6.86. The summed E-state index contributed by atoms with van der Waals surface area (Å²) in [7, 11) is 0. The number of benzene rings is 2. The molecule has 0 fully saturated rings. The van der Waals surface area contributed by atoms with Gasteiger partial charge in [0, 0.05) is 11.4 Å². The fourth-order valence-corrected chi connectivity index (χ4v) is 0.710. The smallest absolute Gasteiger partial charge is 0.167 e. The van der Waals surface area contributed by atoms with Gasteiger partial charge < -0.3 is 5.31 Å². The Bertz CT molecular complexity index is 720. The molecular weight excluding hydrogens is 158 g/mol. The maximum atomic E-state index is 8.04. The van der Waals surface area contributed by atoms with Crippen molar-refractivity contribution in [1.82, 2.24) is 0 Å². The van der Waals surface area contributed by atoms with Crippen LogP contribution in [-0.4, -0.2) is 0 Å². The van der Waals surface area contributed by atoms with Crippen molar-refractivity contribution in [2.45, 2.75) is 0 Å². The number of hydrogen-bond acceptors (Lipinski definition) is 1. The number of rotatable bonds is 2. The highest BCUT2D eigenvalue weighted by molar-refractivity contribution is 5.58. The number of anilines is 2. The molecule has 0 aliphatic carbocycles. The molecule has 0 unspecified atom stereocenters. The standard InChI is InChI=1S/C12H11N/c1-3-7-11(8-4-1)13-12-9-5-2-6-10-12/h1-10,13H/i1D,2D,3D,4D,5D,6D,7D,8D,9D,10D/hD. The van der Waals surface area contributed by atoms with Crippen molar-refractivity contribution in [3.8, 4) is 0 Å². The Balaban J connectivity index is 2.84. The summed E-state index contributed by atoms with van der Waals surface area (Å²) in [6.07, 6.45) is 0. The zero-order valence-electron chi connectivity index (χ0n) is 17.4. The zero-order chi connectivity index (χ0) is 18.5. The van der Waals surface area contributed by atoms with Crippen LogP contribution in [0.25, 0.3) is 0 Å². The summed E-state index contributed by atoms with van der Waals surface area (Å²) >= 11 is 0. The quantitative estimate of drug-likeness (QED) is 0.746. The average Bonchev–Trinajstić information content (AvgIpc) is 2.55. The van der Waals surface area contributed by atoms with Crippen LogP contribution in [0.4, 0.5) is 11.4 Å². The Hall–Kier alpha value is -1.76. The first kappa shape index (κ1) is 2.18. The Labute approximate surface area is 93.6 Å². The molecule has 0 spiro atoms. The van der Waals surface area contributed by atoms with Crippen LogP contribution in [0, 0.1) is 0 Å².